The summed E-state index contributed by atoms with van der Waals surface area (Å²) >= 11 is 14.8. The minimum atomic E-state index is 0. The molecule has 0 N–H and O–H groups in total. The molecule has 0 spiro atoms. The predicted octanol–water partition coefficient (Wildman–Crippen LogP) is -0.742. The molecular weight excluding hydrogens is 464 g/mol. The first-order chi connectivity index (χ1) is 5.66. The Kier molecular flexibility index (Phi) is 242. The van der Waals surface area contributed by atoms with Crippen LogP contribution in [0.1, 0.15) is 0 Å². The molecule has 0 atom stereocenters. The molecule has 0 rings (SSSR count). The van der Waals surface area contributed by atoms with Crippen molar-refractivity contribution in [2.45, 2.75) is 0 Å². The summed E-state index contributed by atoms with van der Waals surface area (Å²) in [4.78, 5) is 0. The van der Waals surface area contributed by atoms with Crippen LogP contribution in [-0.2, 0) is 0 Å². The summed E-state index contributed by atoms with van der Waals surface area (Å²) in [7, 11) is 0. The van der Waals surface area contributed by atoms with E-state index < -0.39 is 0 Å². The van der Waals surface area contributed by atoms with Crippen LogP contribution in [0.2, 0.25) is 0 Å². The second kappa shape index (κ2) is 93.3. The molecule has 0 unspecified atom stereocenters. The normalized spacial score (nSPS) is 2.29. The molecule has 0 saturated heterocycles. The summed E-state index contributed by atoms with van der Waals surface area (Å²) in [5.41, 5.74) is 0. The van der Waals surface area contributed by atoms with E-state index in [1.807, 2.05) is 0 Å². The summed E-state index contributed by atoms with van der Waals surface area (Å²) in [6.07, 6.45) is 0. The molecule has 0 aromatic rings. The van der Waals surface area contributed by atoms with Gasteiger partial charge in [-0.2, -0.15) is 20.6 Å². The van der Waals surface area contributed by atoms with Gasteiger partial charge in [-0.25, -0.2) is 0 Å². The fourth-order valence-corrected chi connectivity index (χ4v) is 0. The van der Waals surface area contributed by atoms with E-state index in [2.05, 4.69) is 48.9 Å². The van der Waals surface area contributed by atoms with Gasteiger partial charge in [-0.3, -0.25) is 0 Å². The summed E-state index contributed by atoms with van der Waals surface area (Å²) in [6.45, 7) is 0. The molecule has 0 bridgehead atoms. The van der Waals surface area contributed by atoms with Gasteiger partial charge in [0.2, 0.25) is 0 Å². The van der Waals surface area contributed by atoms with Crippen LogP contribution in [0, 0.1) is 0 Å². The van der Waals surface area contributed by atoms with Crippen molar-refractivity contribution >= 4 is 95.7 Å². The number of nitrogens with zero attached hydrogens (tertiary/aromatic N) is 4. The van der Waals surface area contributed by atoms with Gasteiger partial charge in [0, 0.05) is 0 Å². The Hall–Kier alpha value is 1.08. The van der Waals surface area contributed by atoms with Crippen LogP contribution < -0.4 is 29.6 Å². The Bertz CT molecular complexity index is 161. The molecule has 0 aromatic heterocycles. The van der Waals surface area contributed by atoms with Crippen LogP contribution in [0.5, 0.6) is 0 Å². The molecule has 0 aromatic carbocycles. The second-order valence-corrected chi connectivity index (χ2v) is 1.10. The quantitative estimate of drug-likeness (QED) is 0.268. The van der Waals surface area contributed by atoms with Crippen molar-refractivity contribution < 1.29 is 29.6 Å². The zero-order valence-corrected chi connectivity index (χ0v) is 15.6. The topological polar surface area (TPSA) is 89.2 Å². The van der Waals surface area contributed by atoms with Gasteiger partial charge in [0.05, 0.1) is 0 Å². The van der Waals surface area contributed by atoms with E-state index in [0.29, 0.717) is 0 Å². The first-order valence-electron chi connectivity index (χ1n) is 1.71. The Morgan fingerprint density at radius 2 is 0.571 bits per heavy atom. The zero-order chi connectivity index (χ0) is 10.8. The summed E-state index contributed by atoms with van der Waals surface area (Å²) in [6, 6.07) is 0. The van der Waals surface area contributed by atoms with E-state index in [-0.39, 0.29) is 55.8 Å². The monoisotopic (exact) mass is 464 g/mol. The minimum Gasteiger partial charge on any atom is -0.753 e. The predicted molar refractivity (Wildman–Crippen MR) is 69.6 cm³/mol. The van der Waals surface area contributed by atoms with E-state index in [9.17, 15) is 0 Å². The maximum atomic E-state index is 7.13. The number of hydrogen-bond donors (Lipinski definition) is 0. The third-order valence-electron chi connectivity index (χ3n) is 0. The molecule has 4 nitrogen and oxygen atoms in total. The van der Waals surface area contributed by atoms with E-state index in [4.69, 9.17) is 21.6 Å². The van der Waals surface area contributed by atoms with E-state index in [0.717, 1.165) is 0 Å². The number of isothiocyanates is 4. The second-order valence-electron chi connectivity index (χ2n) is 0.365. The van der Waals surface area contributed by atoms with E-state index in [1.54, 1.807) is 0 Å². The van der Waals surface area contributed by atoms with Crippen molar-refractivity contribution in [2.75, 3.05) is 0 Å². The van der Waals surface area contributed by atoms with Gasteiger partial charge < -0.3 is 21.6 Å². The van der Waals surface area contributed by atoms with Crippen molar-refractivity contribution in [2.24, 2.45) is 0 Å². The Morgan fingerprint density at radius 3 is 0.571 bits per heavy atom. The molecular formula is C4BiN4NaS4. The van der Waals surface area contributed by atoms with Gasteiger partial charge in [-0.15, -0.1) is 0 Å². The molecule has 0 aliphatic rings. The molecule has 0 heterocycles. The van der Waals surface area contributed by atoms with Crippen LogP contribution in [-0.4, -0.2) is 46.8 Å². The van der Waals surface area contributed by atoms with Gasteiger partial charge in [0.1, 0.15) is 0 Å². The van der Waals surface area contributed by atoms with Crippen molar-refractivity contribution in [3.05, 3.63) is 21.6 Å². The largest absolute Gasteiger partial charge is 3.00 e. The Morgan fingerprint density at radius 1 is 0.571 bits per heavy atom. The van der Waals surface area contributed by atoms with Crippen LogP contribution in [0.4, 0.5) is 0 Å². The molecule has 0 amide bonds. The average Bonchev–Trinajstić information content (AvgIpc) is 1.92. The van der Waals surface area contributed by atoms with Gasteiger partial charge >= 0.3 is 55.8 Å². The third kappa shape index (κ3) is 1630. The first-order valence-corrected chi connectivity index (χ1v) is 3.34. The molecule has 0 fully saturated rings. The molecule has 0 aliphatic heterocycles. The summed E-state index contributed by atoms with van der Waals surface area (Å²) in [5, 5.41) is 33.9. The summed E-state index contributed by atoms with van der Waals surface area (Å²) in [5.74, 6) is 0. The zero-order valence-electron chi connectivity index (χ0n) is 6.87. The maximum Gasteiger partial charge on any atom is 3.00 e. The van der Waals surface area contributed by atoms with Crippen LogP contribution >= 0.6 is 48.9 Å². The van der Waals surface area contributed by atoms with Crippen molar-refractivity contribution in [1.82, 2.24) is 0 Å². The fraction of sp³-hybridized carbons (Fsp3) is 0. The Labute approximate surface area is 145 Å². The Balaban J connectivity index is -0.0000000145. The van der Waals surface area contributed by atoms with Crippen molar-refractivity contribution in [1.29, 1.82) is 0 Å². The van der Waals surface area contributed by atoms with Crippen LogP contribution in [0.25, 0.3) is 21.6 Å². The molecule has 10 heteroatoms. The number of thiocarbonyl (C=S) groups is 4. The van der Waals surface area contributed by atoms with Gasteiger partial charge in [0.25, 0.3) is 0 Å². The standard InChI is InChI=1S/4CNS.Bi.Na/c4*2-1-3;;/q4*-1;+3;+1. The van der Waals surface area contributed by atoms with Crippen LogP contribution in [0.3, 0.4) is 0 Å². The van der Waals surface area contributed by atoms with Crippen molar-refractivity contribution in [3.63, 3.8) is 0 Å². The number of hydrogen-bond acceptors (Lipinski definition) is 4. The smallest absolute Gasteiger partial charge is 0.753 e. The van der Waals surface area contributed by atoms with Crippen LogP contribution in [0.15, 0.2) is 0 Å². The fourth-order valence-electron chi connectivity index (χ4n) is 0. The minimum absolute atomic E-state index is 0. The van der Waals surface area contributed by atoms with E-state index >= 15 is 0 Å². The van der Waals surface area contributed by atoms with Crippen molar-refractivity contribution in [3.8, 4) is 0 Å². The first kappa shape index (κ1) is 36.3. The van der Waals surface area contributed by atoms with E-state index in [1.165, 1.54) is 20.6 Å². The third-order valence-corrected chi connectivity index (χ3v) is 0. The SMILES string of the molecule is [Bi+3].[N-]=C=S.[N-]=C=S.[N-]=C=S.[N-]=C=S.[Na+]. The average molecular weight is 464 g/mol. The molecule has 2 radical (unpaired) electrons. The maximum absolute atomic E-state index is 7.13. The molecule has 66 valence electrons. The molecule has 0 saturated carbocycles. The summed E-state index contributed by atoms with van der Waals surface area (Å²) < 4.78 is 0. The van der Waals surface area contributed by atoms with Gasteiger partial charge in [-0.1, -0.05) is 48.9 Å². The number of rotatable bonds is 0. The van der Waals surface area contributed by atoms with Gasteiger partial charge in [0.15, 0.2) is 0 Å². The molecule has 0 aliphatic carbocycles. The molecule has 14 heavy (non-hydrogen) atoms. The van der Waals surface area contributed by atoms with Gasteiger partial charge in [-0.05, 0) is 0 Å².